The summed E-state index contributed by atoms with van der Waals surface area (Å²) in [6.07, 6.45) is -1.75. The third-order valence-corrected chi connectivity index (χ3v) is 5.09. The molecule has 134 valence electrons. The summed E-state index contributed by atoms with van der Waals surface area (Å²) < 4.78 is 37.3. The number of aliphatic imine (C=N–C) groups is 1. The van der Waals surface area contributed by atoms with E-state index in [0.717, 1.165) is 31.3 Å². The summed E-state index contributed by atoms with van der Waals surface area (Å²) in [4.78, 5) is 14.3. The van der Waals surface area contributed by atoms with Crippen LogP contribution in [-0.4, -0.2) is 78.8 Å². The molecule has 10 heteroatoms. The fraction of sp³-hybridized carbons (Fsp3) is 0.714. The molecule has 24 heavy (non-hydrogen) atoms. The Labute approximate surface area is 142 Å². The molecule has 1 aromatic heterocycles. The Morgan fingerprint density at radius 1 is 1.29 bits per heavy atom. The predicted molar refractivity (Wildman–Crippen MR) is 88.4 cm³/mol. The van der Waals surface area contributed by atoms with Crippen LogP contribution in [0.15, 0.2) is 16.6 Å². The minimum absolute atomic E-state index is 0.149. The zero-order chi connectivity index (χ0) is 17.2. The Balaban J connectivity index is 1.48. The number of hydrogen-bond donors (Lipinski definition) is 1. The summed E-state index contributed by atoms with van der Waals surface area (Å²) in [5.74, 6) is 0.438. The van der Waals surface area contributed by atoms with Crippen LogP contribution in [0.25, 0.3) is 0 Å². The van der Waals surface area contributed by atoms with Gasteiger partial charge in [-0.1, -0.05) is 0 Å². The molecule has 1 atom stereocenters. The van der Waals surface area contributed by atoms with Gasteiger partial charge in [0.25, 0.3) is 0 Å². The highest BCUT2D eigenvalue weighted by molar-refractivity contribution is 7.13. The molecule has 2 aliphatic heterocycles. The van der Waals surface area contributed by atoms with E-state index in [-0.39, 0.29) is 6.04 Å². The van der Waals surface area contributed by atoms with Crippen molar-refractivity contribution in [3.63, 3.8) is 0 Å². The molecule has 0 saturated carbocycles. The second-order valence-electron chi connectivity index (χ2n) is 6.07. The molecule has 0 amide bonds. The fourth-order valence-corrected chi connectivity index (χ4v) is 3.78. The number of alkyl halides is 3. The first-order valence-corrected chi connectivity index (χ1v) is 8.80. The van der Waals surface area contributed by atoms with E-state index in [1.807, 2.05) is 10.3 Å². The third kappa shape index (κ3) is 4.50. The van der Waals surface area contributed by atoms with Crippen molar-refractivity contribution < 1.29 is 13.2 Å². The number of piperazine rings is 1. The normalized spacial score (nSPS) is 24.0. The van der Waals surface area contributed by atoms with Gasteiger partial charge in [-0.2, -0.15) is 13.2 Å². The van der Waals surface area contributed by atoms with Gasteiger partial charge in [0.2, 0.25) is 0 Å². The number of hydrogen-bond acceptors (Lipinski definition) is 5. The van der Waals surface area contributed by atoms with Crippen molar-refractivity contribution in [1.82, 2.24) is 14.8 Å². The van der Waals surface area contributed by atoms with Crippen LogP contribution in [0.3, 0.4) is 0 Å². The minimum Gasteiger partial charge on any atom is -0.370 e. The van der Waals surface area contributed by atoms with Crippen molar-refractivity contribution in [2.45, 2.75) is 18.6 Å². The number of anilines is 1. The molecular formula is C14H21F3N6S. The first-order chi connectivity index (χ1) is 11.4. The van der Waals surface area contributed by atoms with Gasteiger partial charge in [0.1, 0.15) is 0 Å². The molecular weight excluding hydrogens is 341 g/mol. The Kier molecular flexibility index (Phi) is 5.14. The second-order valence-corrected chi connectivity index (χ2v) is 6.94. The molecule has 3 rings (SSSR count). The average Bonchev–Trinajstić information content (AvgIpc) is 3.18. The highest BCUT2D eigenvalue weighted by Crippen LogP contribution is 2.22. The molecule has 3 heterocycles. The second kappa shape index (κ2) is 7.14. The lowest BCUT2D eigenvalue weighted by atomic mass is 10.3. The van der Waals surface area contributed by atoms with Gasteiger partial charge in [0.05, 0.1) is 12.6 Å². The zero-order valence-corrected chi connectivity index (χ0v) is 14.1. The molecule has 0 radical (unpaired) electrons. The molecule has 2 aliphatic rings. The molecule has 2 N–H and O–H groups in total. The standard InChI is InChI=1S/C14H21F3N6S/c15-14(16,17)10-21-3-1-11(9-21)20-12(18)22-4-6-23(7-5-22)13-19-2-8-24-13/h2,8,11H,1,3-7,9-10H2,(H2,18,20). The smallest absolute Gasteiger partial charge is 0.370 e. The first-order valence-electron chi connectivity index (χ1n) is 7.92. The lowest BCUT2D eigenvalue weighted by molar-refractivity contribution is -0.143. The summed E-state index contributed by atoms with van der Waals surface area (Å²) in [7, 11) is 0. The topological polar surface area (TPSA) is 61.0 Å². The Bertz CT molecular complexity index is 553. The van der Waals surface area contributed by atoms with Crippen molar-refractivity contribution >= 4 is 22.4 Å². The lowest BCUT2D eigenvalue weighted by Gasteiger charge is -2.35. The highest BCUT2D eigenvalue weighted by atomic mass is 32.1. The number of nitrogens with two attached hydrogens (primary N) is 1. The van der Waals surface area contributed by atoms with Crippen molar-refractivity contribution in [3.05, 3.63) is 11.6 Å². The highest BCUT2D eigenvalue weighted by Gasteiger charge is 2.34. The summed E-state index contributed by atoms with van der Waals surface area (Å²) in [6.45, 7) is 2.98. The van der Waals surface area contributed by atoms with Crippen LogP contribution < -0.4 is 10.6 Å². The average molecular weight is 362 g/mol. The van der Waals surface area contributed by atoms with Gasteiger partial charge in [-0.25, -0.2) is 9.98 Å². The summed E-state index contributed by atoms with van der Waals surface area (Å²) in [6, 6.07) is -0.149. The van der Waals surface area contributed by atoms with E-state index < -0.39 is 12.7 Å². The minimum atomic E-state index is -4.16. The summed E-state index contributed by atoms with van der Waals surface area (Å²) in [5, 5.41) is 2.95. The Morgan fingerprint density at radius 2 is 2.04 bits per heavy atom. The predicted octanol–water partition coefficient (Wildman–Crippen LogP) is 1.22. The fourth-order valence-electron chi connectivity index (χ4n) is 3.08. The number of aromatic nitrogens is 1. The van der Waals surface area contributed by atoms with Crippen LogP contribution in [0.4, 0.5) is 18.3 Å². The van der Waals surface area contributed by atoms with E-state index in [1.54, 1.807) is 17.5 Å². The van der Waals surface area contributed by atoms with E-state index in [4.69, 9.17) is 5.73 Å². The number of guanidine groups is 1. The van der Waals surface area contributed by atoms with Crippen molar-refractivity contribution in [1.29, 1.82) is 0 Å². The van der Waals surface area contributed by atoms with Gasteiger partial charge in [0.15, 0.2) is 11.1 Å². The van der Waals surface area contributed by atoms with Crippen LogP contribution in [-0.2, 0) is 0 Å². The SMILES string of the molecule is NC(=NC1CCN(CC(F)(F)F)C1)N1CCN(c2nccs2)CC1. The van der Waals surface area contributed by atoms with E-state index in [0.29, 0.717) is 25.5 Å². The molecule has 0 spiro atoms. The maximum Gasteiger partial charge on any atom is 0.401 e. The zero-order valence-electron chi connectivity index (χ0n) is 13.2. The number of thiazole rings is 1. The number of rotatable bonds is 3. The van der Waals surface area contributed by atoms with E-state index in [2.05, 4.69) is 14.9 Å². The van der Waals surface area contributed by atoms with Gasteiger partial charge >= 0.3 is 6.18 Å². The Hall–Kier alpha value is -1.55. The van der Waals surface area contributed by atoms with Crippen molar-refractivity contribution in [2.24, 2.45) is 10.7 Å². The Morgan fingerprint density at radius 3 is 2.67 bits per heavy atom. The first kappa shape index (κ1) is 17.3. The van der Waals surface area contributed by atoms with Crippen molar-refractivity contribution in [2.75, 3.05) is 50.7 Å². The van der Waals surface area contributed by atoms with E-state index >= 15 is 0 Å². The van der Waals surface area contributed by atoms with E-state index in [9.17, 15) is 13.2 Å². The number of halogens is 3. The van der Waals surface area contributed by atoms with Crippen molar-refractivity contribution in [3.8, 4) is 0 Å². The van der Waals surface area contributed by atoms with Gasteiger partial charge < -0.3 is 15.5 Å². The van der Waals surface area contributed by atoms with Crippen LogP contribution in [0, 0.1) is 0 Å². The third-order valence-electron chi connectivity index (χ3n) is 4.26. The van der Waals surface area contributed by atoms with Gasteiger partial charge in [-0.3, -0.25) is 4.90 Å². The number of likely N-dealkylation sites (tertiary alicyclic amines) is 1. The quantitative estimate of drug-likeness (QED) is 0.647. The van der Waals surface area contributed by atoms with Gasteiger partial charge in [-0.15, -0.1) is 11.3 Å². The molecule has 6 nitrogen and oxygen atoms in total. The molecule has 0 aromatic carbocycles. The monoisotopic (exact) mass is 362 g/mol. The molecule has 1 unspecified atom stereocenters. The molecule has 2 saturated heterocycles. The largest absolute Gasteiger partial charge is 0.401 e. The van der Waals surface area contributed by atoms with Crippen LogP contribution >= 0.6 is 11.3 Å². The summed E-state index contributed by atoms with van der Waals surface area (Å²) in [5.41, 5.74) is 6.07. The summed E-state index contributed by atoms with van der Waals surface area (Å²) >= 11 is 1.61. The molecule has 0 aliphatic carbocycles. The van der Waals surface area contributed by atoms with Gasteiger partial charge in [0, 0.05) is 50.8 Å². The molecule has 1 aromatic rings. The van der Waals surface area contributed by atoms with Crippen LogP contribution in [0.1, 0.15) is 6.42 Å². The molecule has 2 fully saturated rings. The lowest BCUT2D eigenvalue weighted by Crippen LogP contribution is -2.51. The maximum atomic E-state index is 12.4. The van der Waals surface area contributed by atoms with Gasteiger partial charge in [-0.05, 0) is 6.42 Å². The maximum absolute atomic E-state index is 12.4. The van der Waals surface area contributed by atoms with E-state index in [1.165, 1.54) is 4.90 Å². The molecule has 0 bridgehead atoms. The van der Waals surface area contributed by atoms with Crippen LogP contribution in [0.2, 0.25) is 0 Å². The van der Waals surface area contributed by atoms with Crippen LogP contribution in [0.5, 0.6) is 0 Å². The number of nitrogens with zero attached hydrogens (tertiary/aromatic N) is 5.